The van der Waals surface area contributed by atoms with Crippen molar-refractivity contribution in [3.8, 4) is 11.5 Å². The van der Waals surface area contributed by atoms with Gasteiger partial charge in [-0.3, -0.25) is 9.89 Å². The molecule has 0 spiro atoms. The van der Waals surface area contributed by atoms with Gasteiger partial charge < -0.3 is 24.8 Å². The lowest BCUT2D eigenvalue weighted by Gasteiger charge is -2.29. The highest BCUT2D eigenvalue weighted by Gasteiger charge is 2.19. The Labute approximate surface area is 191 Å². The van der Waals surface area contributed by atoms with E-state index in [0.717, 1.165) is 82.6 Å². The average Bonchev–Trinajstić information content (AvgIpc) is 3.24. The second-order valence-electron chi connectivity index (χ2n) is 7.28. The van der Waals surface area contributed by atoms with Crippen LogP contribution in [0.15, 0.2) is 17.1 Å². The first-order valence-electron chi connectivity index (χ1n) is 10.3. The number of halogens is 1. The molecule has 0 aliphatic carbocycles. The lowest BCUT2D eigenvalue weighted by molar-refractivity contribution is 0.117. The van der Waals surface area contributed by atoms with Crippen LogP contribution in [0.3, 0.4) is 0 Å². The number of rotatable bonds is 8. The van der Waals surface area contributed by atoms with Crippen LogP contribution in [0.2, 0.25) is 0 Å². The minimum Gasteiger partial charge on any atom is -0.493 e. The van der Waals surface area contributed by atoms with Crippen molar-refractivity contribution in [3.63, 3.8) is 0 Å². The van der Waals surface area contributed by atoms with Crippen LogP contribution in [-0.4, -0.2) is 70.5 Å². The first-order chi connectivity index (χ1) is 13.7. The first-order valence-corrected chi connectivity index (χ1v) is 10.3. The zero-order chi connectivity index (χ0) is 19.8. The summed E-state index contributed by atoms with van der Waals surface area (Å²) in [6.07, 6.45) is 3.57. The van der Waals surface area contributed by atoms with E-state index in [9.17, 15) is 0 Å². The summed E-state index contributed by atoms with van der Waals surface area (Å²) in [6.45, 7) is 8.36. The lowest BCUT2D eigenvalue weighted by atomic mass is 9.99. The third kappa shape index (κ3) is 6.89. The number of hydrogen-bond acceptors (Lipinski definition) is 5. The molecule has 7 nitrogen and oxygen atoms in total. The molecule has 0 saturated carbocycles. The molecule has 1 aromatic rings. The zero-order valence-electron chi connectivity index (χ0n) is 17.8. The van der Waals surface area contributed by atoms with Crippen molar-refractivity contribution >= 4 is 29.9 Å². The number of ether oxygens (including phenoxy) is 3. The molecular weight excluding hydrogens is 483 g/mol. The summed E-state index contributed by atoms with van der Waals surface area (Å²) in [5.74, 6) is 2.49. The van der Waals surface area contributed by atoms with Crippen LogP contribution in [0.25, 0.3) is 0 Å². The average molecular weight is 518 g/mol. The van der Waals surface area contributed by atoms with Gasteiger partial charge in [0.05, 0.1) is 26.9 Å². The molecule has 1 saturated heterocycles. The summed E-state index contributed by atoms with van der Waals surface area (Å²) in [4.78, 5) is 7.14. The molecule has 0 aromatic heterocycles. The van der Waals surface area contributed by atoms with Crippen LogP contribution in [0, 0.1) is 0 Å². The van der Waals surface area contributed by atoms with Gasteiger partial charge in [-0.2, -0.15) is 0 Å². The fraction of sp³-hybridized carbons (Fsp3) is 0.667. The smallest absolute Gasteiger partial charge is 0.191 e. The molecule has 1 unspecified atom stereocenters. The molecule has 0 amide bonds. The van der Waals surface area contributed by atoms with Crippen LogP contribution in [-0.2, 0) is 17.7 Å². The summed E-state index contributed by atoms with van der Waals surface area (Å²) >= 11 is 0. The molecule has 0 bridgehead atoms. The molecule has 3 rings (SSSR count). The number of nitrogens with zero attached hydrogens (tertiary/aromatic N) is 2. The van der Waals surface area contributed by atoms with Crippen molar-refractivity contribution < 1.29 is 14.2 Å². The van der Waals surface area contributed by atoms with Crippen molar-refractivity contribution in [1.29, 1.82) is 0 Å². The fourth-order valence-electron chi connectivity index (χ4n) is 3.79. The Balaban J connectivity index is 0.00000300. The van der Waals surface area contributed by atoms with Crippen LogP contribution in [0.4, 0.5) is 0 Å². The maximum atomic E-state index is 5.66. The Bertz CT molecular complexity index is 666. The van der Waals surface area contributed by atoms with Gasteiger partial charge >= 0.3 is 0 Å². The van der Waals surface area contributed by atoms with Gasteiger partial charge in [-0.15, -0.1) is 24.0 Å². The SMILES string of the molecule is CCNC(=NCC1CCCO1)NCCN1CCc2cc(OC)c(OC)cc2C1.I. The lowest BCUT2D eigenvalue weighted by Crippen LogP contribution is -2.43. The molecule has 2 aliphatic rings. The van der Waals surface area contributed by atoms with Crippen LogP contribution >= 0.6 is 24.0 Å². The van der Waals surface area contributed by atoms with E-state index in [4.69, 9.17) is 14.2 Å². The maximum absolute atomic E-state index is 5.66. The van der Waals surface area contributed by atoms with E-state index in [-0.39, 0.29) is 30.1 Å². The molecule has 29 heavy (non-hydrogen) atoms. The first kappa shape index (κ1) is 24.0. The number of fused-ring (bicyclic) bond motifs is 1. The predicted molar refractivity (Wildman–Crippen MR) is 127 cm³/mol. The van der Waals surface area contributed by atoms with Gasteiger partial charge in [0.2, 0.25) is 0 Å². The van der Waals surface area contributed by atoms with Gasteiger partial charge in [-0.05, 0) is 49.4 Å². The number of guanidine groups is 1. The van der Waals surface area contributed by atoms with Gasteiger partial charge in [0.25, 0.3) is 0 Å². The number of benzene rings is 1. The largest absolute Gasteiger partial charge is 0.493 e. The highest BCUT2D eigenvalue weighted by atomic mass is 127. The van der Waals surface area contributed by atoms with Crippen molar-refractivity contribution in [3.05, 3.63) is 23.3 Å². The van der Waals surface area contributed by atoms with Gasteiger partial charge in [0.15, 0.2) is 17.5 Å². The molecule has 2 aliphatic heterocycles. The van der Waals surface area contributed by atoms with Crippen LogP contribution < -0.4 is 20.1 Å². The van der Waals surface area contributed by atoms with Crippen molar-refractivity contribution in [2.45, 2.75) is 38.8 Å². The van der Waals surface area contributed by atoms with Gasteiger partial charge in [-0.1, -0.05) is 0 Å². The van der Waals surface area contributed by atoms with Gasteiger partial charge in [0.1, 0.15) is 0 Å². The highest BCUT2D eigenvalue weighted by Crippen LogP contribution is 2.33. The van der Waals surface area contributed by atoms with E-state index in [2.05, 4.69) is 39.6 Å². The minimum atomic E-state index is 0. The molecule has 1 aromatic carbocycles. The topological polar surface area (TPSA) is 67.4 Å². The predicted octanol–water partition coefficient (Wildman–Crippen LogP) is 2.41. The van der Waals surface area contributed by atoms with Crippen LogP contribution in [0.1, 0.15) is 30.9 Å². The number of methoxy groups -OCH3 is 2. The maximum Gasteiger partial charge on any atom is 0.191 e. The Kier molecular flexibility index (Phi) is 10.3. The monoisotopic (exact) mass is 518 g/mol. The molecule has 2 heterocycles. The summed E-state index contributed by atoms with van der Waals surface area (Å²) in [5.41, 5.74) is 2.68. The summed E-state index contributed by atoms with van der Waals surface area (Å²) in [7, 11) is 3.38. The van der Waals surface area contributed by atoms with Crippen molar-refractivity contribution in [2.75, 3.05) is 53.6 Å². The fourth-order valence-corrected chi connectivity index (χ4v) is 3.79. The summed E-state index contributed by atoms with van der Waals surface area (Å²) < 4.78 is 16.5. The molecule has 1 fully saturated rings. The second kappa shape index (κ2) is 12.4. The standard InChI is InChI=1S/C21H34N4O3.HI/c1-4-22-21(24-14-18-6-5-11-28-18)23-8-10-25-9-7-16-12-19(26-2)20(27-3)13-17(16)15-25;/h12-13,18H,4-11,14-15H2,1-3H3,(H2,22,23,24);1H. The van der Waals surface area contributed by atoms with Gasteiger partial charge in [0, 0.05) is 39.3 Å². The minimum absolute atomic E-state index is 0. The Morgan fingerprint density at radius 1 is 1.21 bits per heavy atom. The molecule has 8 heteroatoms. The van der Waals surface area contributed by atoms with E-state index in [1.54, 1.807) is 14.2 Å². The molecule has 164 valence electrons. The summed E-state index contributed by atoms with van der Waals surface area (Å²) in [5, 5.41) is 6.78. The zero-order valence-corrected chi connectivity index (χ0v) is 20.2. The Morgan fingerprint density at radius 2 is 1.97 bits per heavy atom. The van der Waals surface area contributed by atoms with E-state index in [1.807, 2.05) is 0 Å². The molecule has 2 N–H and O–H groups in total. The molecule has 0 radical (unpaired) electrons. The normalized spacial score (nSPS) is 19.3. The third-order valence-corrected chi connectivity index (χ3v) is 5.34. The van der Waals surface area contributed by atoms with E-state index in [1.165, 1.54) is 11.1 Å². The highest BCUT2D eigenvalue weighted by molar-refractivity contribution is 14.0. The molecule has 1 atom stereocenters. The molecular formula is C21H35IN4O3. The Morgan fingerprint density at radius 3 is 2.62 bits per heavy atom. The van der Waals surface area contributed by atoms with Crippen molar-refractivity contribution in [1.82, 2.24) is 15.5 Å². The van der Waals surface area contributed by atoms with E-state index < -0.39 is 0 Å². The number of aliphatic imine (C=N–C) groups is 1. The van der Waals surface area contributed by atoms with E-state index >= 15 is 0 Å². The Hall–Kier alpha value is -1.26. The number of hydrogen-bond donors (Lipinski definition) is 2. The third-order valence-electron chi connectivity index (χ3n) is 5.34. The van der Waals surface area contributed by atoms with E-state index in [0.29, 0.717) is 0 Å². The van der Waals surface area contributed by atoms with Gasteiger partial charge in [-0.25, -0.2) is 0 Å². The van der Waals surface area contributed by atoms with Crippen LogP contribution in [0.5, 0.6) is 11.5 Å². The van der Waals surface area contributed by atoms with Crippen molar-refractivity contribution in [2.24, 2.45) is 4.99 Å². The summed E-state index contributed by atoms with van der Waals surface area (Å²) in [6, 6.07) is 4.23. The second-order valence-corrected chi connectivity index (χ2v) is 7.28. The quantitative estimate of drug-likeness (QED) is 0.313. The number of nitrogens with one attached hydrogen (secondary N) is 2.